The molecule has 2 heterocycles. The predicted molar refractivity (Wildman–Crippen MR) is 84.1 cm³/mol. The molecule has 0 saturated carbocycles. The third-order valence-electron chi connectivity index (χ3n) is 3.47. The van der Waals surface area contributed by atoms with Crippen molar-refractivity contribution in [3.05, 3.63) is 53.3 Å². The summed E-state index contributed by atoms with van der Waals surface area (Å²) in [6.07, 6.45) is 1.92. The first-order chi connectivity index (χ1) is 9.56. The Morgan fingerprint density at radius 2 is 1.80 bits per heavy atom. The number of aromatic nitrogens is 2. The van der Waals surface area contributed by atoms with Crippen LogP contribution in [0.25, 0.3) is 16.9 Å². The van der Waals surface area contributed by atoms with E-state index in [2.05, 4.69) is 43.1 Å². The van der Waals surface area contributed by atoms with Gasteiger partial charge in [0.2, 0.25) is 0 Å². The van der Waals surface area contributed by atoms with Gasteiger partial charge in [0.15, 0.2) is 5.65 Å². The number of hydrogen-bond acceptors (Lipinski definition) is 2. The molecule has 20 heavy (non-hydrogen) atoms. The maximum Gasteiger partial charge on any atom is 0.161 e. The number of pyridine rings is 1. The molecule has 0 radical (unpaired) electrons. The largest absolute Gasteiger partial charge is 0.396 e. The Hall–Kier alpha value is -2.00. The molecule has 3 rings (SSSR count). The summed E-state index contributed by atoms with van der Waals surface area (Å²) in [5.41, 5.74) is 10.5. The van der Waals surface area contributed by atoms with Crippen molar-refractivity contribution in [2.75, 3.05) is 5.73 Å². The fourth-order valence-electron chi connectivity index (χ4n) is 2.24. The lowest BCUT2D eigenvalue weighted by molar-refractivity contribution is 0.867. The van der Waals surface area contributed by atoms with Crippen molar-refractivity contribution in [1.82, 2.24) is 9.38 Å². The fraction of sp³-hybridized carbons (Fsp3) is 0.188. The SMILES string of the molecule is CC(C)c1ccc(-c2cn3c(Cl)ccc(N)c3n2)cc1. The first-order valence-corrected chi connectivity index (χ1v) is 6.97. The molecule has 3 nitrogen and oxygen atoms in total. The van der Waals surface area contributed by atoms with Crippen molar-refractivity contribution < 1.29 is 0 Å². The van der Waals surface area contributed by atoms with Crippen LogP contribution in [0.1, 0.15) is 25.3 Å². The lowest BCUT2D eigenvalue weighted by Gasteiger charge is -2.05. The van der Waals surface area contributed by atoms with Gasteiger partial charge in [-0.2, -0.15) is 0 Å². The highest BCUT2D eigenvalue weighted by molar-refractivity contribution is 6.29. The van der Waals surface area contributed by atoms with Gasteiger partial charge in [0.1, 0.15) is 5.15 Å². The van der Waals surface area contributed by atoms with Crippen LogP contribution in [-0.4, -0.2) is 9.38 Å². The van der Waals surface area contributed by atoms with E-state index in [1.165, 1.54) is 5.56 Å². The van der Waals surface area contributed by atoms with Gasteiger partial charge in [-0.3, -0.25) is 4.40 Å². The number of nitrogens with zero attached hydrogens (tertiary/aromatic N) is 2. The van der Waals surface area contributed by atoms with Crippen LogP contribution in [-0.2, 0) is 0 Å². The van der Waals surface area contributed by atoms with E-state index >= 15 is 0 Å². The quantitative estimate of drug-likeness (QED) is 0.711. The van der Waals surface area contributed by atoms with Gasteiger partial charge in [0.25, 0.3) is 0 Å². The first-order valence-electron chi connectivity index (χ1n) is 6.59. The number of halogens is 1. The number of rotatable bonds is 2. The Balaban J connectivity index is 2.10. The van der Waals surface area contributed by atoms with Crippen molar-refractivity contribution >= 4 is 22.9 Å². The summed E-state index contributed by atoms with van der Waals surface area (Å²) < 4.78 is 1.81. The van der Waals surface area contributed by atoms with Crippen molar-refractivity contribution in [3.8, 4) is 11.3 Å². The zero-order valence-corrected chi connectivity index (χ0v) is 12.2. The van der Waals surface area contributed by atoms with E-state index < -0.39 is 0 Å². The smallest absolute Gasteiger partial charge is 0.161 e. The summed E-state index contributed by atoms with van der Waals surface area (Å²) in [6.45, 7) is 4.36. The minimum atomic E-state index is 0.523. The molecule has 2 N–H and O–H groups in total. The first kappa shape index (κ1) is 13.0. The molecule has 0 aliphatic heterocycles. The van der Waals surface area contributed by atoms with E-state index in [9.17, 15) is 0 Å². The number of imidazole rings is 1. The number of fused-ring (bicyclic) bond motifs is 1. The number of hydrogen-bond donors (Lipinski definition) is 1. The van der Waals surface area contributed by atoms with E-state index in [-0.39, 0.29) is 0 Å². The Labute approximate surface area is 123 Å². The van der Waals surface area contributed by atoms with Crippen molar-refractivity contribution in [1.29, 1.82) is 0 Å². The predicted octanol–water partition coefficient (Wildman–Crippen LogP) is 4.36. The number of nitrogen functional groups attached to an aromatic ring is 1. The Bertz CT molecular complexity index is 718. The highest BCUT2D eigenvalue weighted by Gasteiger charge is 2.09. The maximum atomic E-state index is 6.16. The second kappa shape index (κ2) is 4.84. The second-order valence-corrected chi connectivity index (χ2v) is 5.60. The van der Waals surface area contributed by atoms with E-state index in [0.29, 0.717) is 22.4 Å². The Morgan fingerprint density at radius 1 is 1.10 bits per heavy atom. The molecule has 0 aliphatic rings. The van der Waals surface area contributed by atoms with Crippen molar-refractivity contribution in [2.24, 2.45) is 0 Å². The maximum absolute atomic E-state index is 6.16. The van der Waals surface area contributed by atoms with E-state index in [1.807, 2.05) is 10.6 Å². The van der Waals surface area contributed by atoms with E-state index in [0.717, 1.165) is 11.3 Å². The summed E-state index contributed by atoms with van der Waals surface area (Å²) in [6, 6.07) is 12.0. The number of nitrogens with two attached hydrogens (primary N) is 1. The molecule has 0 spiro atoms. The van der Waals surface area contributed by atoms with Gasteiger partial charge in [0, 0.05) is 11.8 Å². The summed E-state index contributed by atoms with van der Waals surface area (Å²) in [7, 11) is 0. The van der Waals surface area contributed by atoms with Crippen molar-refractivity contribution in [3.63, 3.8) is 0 Å². The van der Waals surface area contributed by atoms with E-state index in [1.54, 1.807) is 12.1 Å². The minimum absolute atomic E-state index is 0.523. The number of anilines is 1. The molecule has 0 fully saturated rings. The minimum Gasteiger partial charge on any atom is -0.396 e. The molecular formula is C16H16ClN3. The van der Waals surface area contributed by atoms with Crippen LogP contribution < -0.4 is 5.73 Å². The molecule has 102 valence electrons. The third kappa shape index (κ3) is 2.14. The Kier molecular flexibility index (Phi) is 3.14. The summed E-state index contributed by atoms with van der Waals surface area (Å²) in [5, 5.41) is 0.603. The van der Waals surface area contributed by atoms with Crippen LogP contribution in [0, 0.1) is 0 Å². The molecule has 3 aromatic rings. The summed E-state index contributed by atoms with van der Waals surface area (Å²) >= 11 is 6.16. The van der Waals surface area contributed by atoms with Gasteiger partial charge in [-0.05, 0) is 23.6 Å². The van der Waals surface area contributed by atoms with Crippen LogP contribution in [0.4, 0.5) is 5.69 Å². The monoisotopic (exact) mass is 285 g/mol. The summed E-state index contributed by atoms with van der Waals surface area (Å²) in [4.78, 5) is 4.57. The average molecular weight is 286 g/mol. The highest BCUT2D eigenvalue weighted by atomic mass is 35.5. The van der Waals surface area contributed by atoms with E-state index in [4.69, 9.17) is 17.3 Å². The molecule has 0 amide bonds. The fourth-order valence-corrected chi connectivity index (χ4v) is 2.43. The lowest BCUT2D eigenvalue weighted by atomic mass is 10.0. The average Bonchev–Trinajstić information content (AvgIpc) is 2.89. The molecular weight excluding hydrogens is 270 g/mol. The zero-order chi connectivity index (χ0) is 14.3. The van der Waals surface area contributed by atoms with Gasteiger partial charge < -0.3 is 5.73 Å². The van der Waals surface area contributed by atoms with Crippen LogP contribution in [0.3, 0.4) is 0 Å². The molecule has 0 aliphatic carbocycles. The Morgan fingerprint density at radius 3 is 2.40 bits per heavy atom. The second-order valence-electron chi connectivity index (χ2n) is 5.21. The molecule has 1 aromatic carbocycles. The van der Waals surface area contributed by atoms with Crippen LogP contribution in [0.15, 0.2) is 42.6 Å². The zero-order valence-electron chi connectivity index (χ0n) is 11.5. The van der Waals surface area contributed by atoms with Crippen molar-refractivity contribution in [2.45, 2.75) is 19.8 Å². The number of benzene rings is 1. The van der Waals surface area contributed by atoms with Gasteiger partial charge >= 0.3 is 0 Å². The standard InChI is InChI=1S/C16H16ClN3/c1-10(2)11-3-5-12(6-4-11)14-9-20-15(17)8-7-13(18)16(20)19-14/h3-10H,18H2,1-2H3. The lowest BCUT2D eigenvalue weighted by Crippen LogP contribution is -1.92. The summed E-state index contributed by atoms with van der Waals surface area (Å²) in [5.74, 6) is 0.523. The van der Waals surface area contributed by atoms with Gasteiger partial charge in [-0.25, -0.2) is 4.98 Å². The molecule has 0 atom stereocenters. The van der Waals surface area contributed by atoms with Gasteiger partial charge in [-0.15, -0.1) is 0 Å². The van der Waals surface area contributed by atoms with Gasteiger partial charge in [-0.1, -0.05) is 49.7 Å². The van der Waals surface area contributed by atoms with Crippen LogP contribution in [0.2, 0.25) is 5.15 Å². The topological polar surface area (TPSA) is 43.3 Å². The van der Waals surface area contributed by atoms with Crippen LogP contribution >= 0.6 is 11.6 Å². The molecule has 0 unspecified atom stereocenters. The van der Waals surface area contributed by atoms with Crippen LogP contribution in [0.5, 0.6) is 0 Å². The molecule has 2 aromatic heterocycles. The highest BCUT2D eigenvalue weighted by Crippen LogP contribution is 2.26. The normalized spacial score (nSPS) is 11.4. The molecule has 0 saturated heterocycles. The molecule has 0 bridgehead atoms. The molecule has 4 heteroatoms. The third-order valence-corrected chi connectivity index (χ3v) is 3.78. The van der Waals surface area contributed by atoms with Gasteiger partial charge in [0.05, 0.1) is 11.4 Å².